The van der Waals surface area contributed by atoms with Gasteiger partial charge in [0, 0.05) is 6.20 Å². The van der Waals surface area contributed by atoms with Crippen molar-refractivity contribution in [3.63, 3.8) is 0 Å². The van der Waals surface area contributed by atoms with Gasteiger partial charge in [0.2, 0.25) is 0 Å². The van der Waals surface area contributed by atoms with Gasteiger partial charge < -0.3 is 10.4 Å². The van der Waals surface area contributed by atoms with Gasteiger partial charge in [-0.1, -0.05) is 18.2 Å². The highest BCUT2D eigenvalue weighted by atomic mass is 16.4. The fourth-order valence-electron chi connectivity index (χ4n) is 2.20. The van der Waals surface area contributed by atoms with Crippen LogP contribution in [-0.4, -0.2) is 32.8 Å². The first-order valence-electron chi connectivity index (χ1n) is 6.79. The van der Waals surface area contributed by atoms with E-state index in [1.807, 2.05) is 30.3 Å². The van der Waals surface area contributed by atoms with E-state index in [0.717, 1.165) is 18.5 Å². The molecule has 2 N–H and O–H groups in total. The molecule has 0 saturated heterocycles. The Morgan fingerprint density at radius 2 is 2.00 bits per heavy atom. The summed E-state index contributed by atoms with van der Waals surface area (Å²) < 4.78 is 1.59. The first-order chi connectivity index (χ1) is 10.1. The number of aromatic nitrogens is 2. The Balaban J connectivity index is 1.73. The third kappa shape index (κ3) is 2.94. The molecule has 1 aromatic heterocycles. The van der Waals surface area contributed by atoms with Gasteiger partial charge in [-0.25, -0.2) is 9.48 Å². The molecular weight excluding hydrogens is 270 g/mol. The van der Waals surface area contributed by atoms with E-state index in [-0.39, 0.29) is 5.92 Å². The van der Waals surface area contributed by atoms with Gasteiger partial charge in [-0.05, 0) is 30.9 Å². The molecule has 6 heteroatoms. The highest BCUT2D eigenvalue weighted by Gasteiger charge is 2.37. The van der Waals surface area contributed by atoms with Crippen LogP contribution in [0.5, 0.6) is 0 Å². The molecule has 1 saturated carbocycles. The Morgan fingerprint density at radius 1 is 1.29 bits per heavy atom. The molecule has 1 unspecified atom stereocenters. The summed E-state index contributed by atoms with van der Waals surface area (Å²) in [4.78, 5) is 23.2. The van der Waals surface area contributed by atoms with Crippen molar-refractivity contribution in [3.8, 4) is 5.69 Å². The third-order valence-electron chi connectivity index (χ3n) is 3.51. The van der Waals surface area contributed by atoms with Crippen LogP contribution in [0.4, 0.5) is 0 Å². The average molecular weight is 285 g/mol. The summed E-state index contributed by atoms with van der Waals surface area (Å²) in [5.41, 5.74) is 1.19. The maximum atomic E-state index is 12.1. The molecule has 0 spiro atoms. The molecule has 1 heterocycles. The predicted molar refractivity (Wildman–Crippen MR) is 75.2 cm³/mol. The number of nitrogens with one attached hydrogen (secondary N) is 1. The van der Waals surface area contributed by atoms with Crippen LogP contribution in [-0.2, 0) is 4.79 Å². The van der Waals surface area contributed by atoms with E-state index in [0.29, 0.717) is 5.56 Å². The first-order valence-corrected chi connectivity index (χ1v) is 6.79. The fraction of sp³-hybridized carbons (Fsp3) is 0.267. The number of aliphatic carboxylic acids is 1. The molecule has 0 aliphatic heterocycles. The quantitative estimate of drug-likeness (QED) is 0.871. The van der Waals surface area contributed by atoms with E-state index in [2.05, 4.69) is 10.4 Å². The first kappa shape index (κ1) is 13.4. The summed E-state index contributed by atoms with van der Waals surface area (Å²) in [6.45, 7) is 0. The van der Waals surface area contributed by atoms with Gasteiger partial charge in [-0.3, -0.25) is 4.79 Å². The number of carboxylic acid groups (broad SMARTS) is 1. The van der Waals surface area contributed by atoms with Crippen LogP contribution in [0.3, 0.4) is 0 Å². The highest BCUT2D eigenvalue weighted by Crippen LogP contribution is 2.32. The summed E-state index contributed by atoms with van der Waals surface area (Å²) in [6, 6.07) is 8.60. The van der Waals surface area contributed by atoms with E-state index in [4.69, 9.17) is 5.11 Å². The fourth-order valence-corrected chi connectivity index (χ4v) is 2.20. The van der Waals surface area contributed by atoms with E-state index < -0.39 is 17.9 Å². The van der Waals surface area contributed by atoms with Crippen molar-refractivity contribution in [1.29, 1.82) is 0 Å². The number of rotatable bonds is 5. The zero-order valence-corrected chi connectivity index (χ0v) is 11.3. The topological polar surface area (TPSA) is 84.2 Å². The second-order valence-corrected chi connectivity index (χ2v) is 5.14. The number of carbonyl (C=O) groups excluding carboxylic acids is 1. The second-order valence-electron chi connectivity index (χ2n) is 5.14. The number of carbonyl (C=O) groups is 2. The molecule has 21 heavy (non-hydrogen) atoms. The van der Waals surface area contributed by atoms with Crippen molar-refractivity contribution in [3.05, 3.63) is 48.3 Å². The van der Waals surface area contributed by atoms with Gasteiger partial charge in [-0.15, -0.1) is 0 Å². The van der Waals surface area contributed by atoms with Crippen molar-refractivity contribution in [2.24, 2.45) is 5.92 Å². The van der Waals surface area contributed by atoms with E-state index in [1.54, 1.807) is 10.9 Å². The van der Waals surface area contributed by atoms with E-state index >= 15 is 0 Å². The highest BCUT2D eigenvalue weighted by molar-refractivity contribution is 5.96. The summed E-state index contributed by atoms with van der Waals surface area (Å²) >= 11 is 0. The molecular formula is C15H15N3O3. The Hall–Kier alpha value is -2.63. The van der Waals surface area contributed by atoms with Crippen molar-refractivity contribution < 1.29 is 14.7 Å². The van der Waals surface area contributed by atoms with Crippen molar-refractivity contribution >= 4 is 11.9 Å². The van der Waals surface area contributed by atoms with Crippen LogP contribution in [0, 0.1) is 5.92 Å². The number of amides is 1. The molecule has 0 bridgehead atoms. The monoisotopic (exact) mass is 285 g/mol. The van der Waals surface area contributed by atoms with Gasteiger partial charge in [0.15, 0.2) is 0 Å². The van der Waals surface area contributed by atoms with Crippen LogP contribution >= 0.6 is 0 Å². The molecule has 1 aliphatic carbocycles. The SMILES string of the molecule is O=C(NC(C(=O)O)C1CC1)c1cnn(-c2ccccc2)c1. The number of hydrogen-bond donors (Lipinski definition) is 2. The number of benzene rings is 1. The molecule has 1 aromatic carbocycles. The minimum atomic E-state index is -0.985. The smallest absolute Gasteiger partial charge is 0.326 e. The Kier molecular flexibility index (Phi) is 3.43. The van der Waals surface area contributed by atoms with Crippen molar-refractivity contribution in [2.75, 3.05) is 0 Å². The Morgan fingerprint density at radius 3 is 2.62 bits per heavy atom. The third-order valence-corrected chi connectivity index (χ3v) is 3.51. The molecule has 1 atom stereocenters. The second kappa shape index (κ2) is 5.40. The van der Waals surface area contributed by atoms with E-state index in [9.17, 15) is 9.59 Å². The molecule has 6 nitrogen and oxygen atoms in total. The lowest BCUT2D eigenvalue weighted by Crippen LogP contribution is -2.42. The summed E-state index contributed by atoms with van der Waals surface area (Å²) in [7, 11) is 0. The largest absolute Gasteiger partial charge is 0.480 e. The molecule has 108 valence electrons. The van der Waals surface area contributed by atoms with E-state index in [1.165, 1.54) is 6.20 Å². The normalized spacial score (nSPS) is 15.4. The maximum absolute atomic E-state index is 12.1. The number of para-hydroxylation sites is 1. The molecule has 1 amide bonds. The Labute approximate surface area is 121 Å². The van der Waals surface area contributed by atoms with Gasteiger partial charge in [-0.2, -0.15) is 5.10 Å². The minimum absolute atomic E-state index is 0.0515. The summed E-state index contributed by atoms with van der Waals surface area (Å²) in [5.74, 6) is -1.34. The zero-order valence-electron chi connectivity index (χ0n) is 11.3. The number of carboxylic acids is 1. The minimum Gasteiger partial charge on any atom is -0.480 e. The van der Waals surface area contributed by atoms with Crippen molar-refractivity contribution in [2.45, 2.75) is 18.9 Å². The zero-order chi connectivity index (χ0) is 14.8. The lowest BCUT2D eigenvalue weighted by atomic mass is 10.2. The van der Waals surface area contributed by atoms with Gasteiger partial charge in [0.05, 0.1) is 17.4 Å². The van der Waals surface area contributed by atoms with Gasteiger partial charge >= 0.3 is 5.97 Å². The van der Waals surface area contributed by atoms with Crippen LogP contribution in [0.1, 0.15) is 23.2 Å². The lowest BCUT2D eigenvalue weighted by molar-refractivity contribution is -0.139. The van der Waals surface area contributed by atoms with Crippen LogP contribution in [0.15, 0.2) is 42.7 Å². The number of hydrogen-bond acceptors (Lipinski definition) is 3. The van der Waals surface area contributed by atoms with Gasteiger partial charge in [0.25, 0.3) is 5.91 Å². The standard InChI is InChI=1S/C15H15N3O3/c19-14(17-13(15(20)21)10-6-7-10)11-8-16-18(9-11)12-4-2-1-3-5-12/h1-5,8-10,13H,6-7H2,(H,17,19)(H,20,21). The molecule has 1 aliphatic rings. The van der Waals surface area contributed by atoms with Crippen LogP contribution in [0.2, 0.25) is 0 Å². The summed E-state index contributed by atoms with van der Waals surface area (Å²) in [6.07, 6.45) is 4.73. The lowest BCUT2D eigenvalue weighted by Gasteiger charge is -2.12. The summed E-state index contributed by atoms with van der Waals surface area (Å²) in [5, 5.41) is 15.8. The van der Waals surface area contributed by atoms with Gasteiger partial charge in [0.1, 0.15) is 6.04 Å². The predicted octanol–water partition coefficient (Wildman–Crippen LogP) is 1.47. The Bertz CT molecular complexity index is 662. The molecule has 1 fully saturated rings. The molecule has 3 rings (SSSR count). The average Bonchev–Trinajstić information content (AvgIpc) is 3.20. The van der Waals surface area contributed by atoms with Crippen LogP contribution in [0.25, 0.3) is 5.69 Å². The molecule has 0 radical (unpaired) electrons. The van der Waals surface area contributed by atoms with Crippen molar-refractivity contribution in [1.82, 2.24) is 15.1 Å². The molecule has 2 aromatic rings. The maximum Gasteiger partial charge on any atom is 0.326 e. The van der Waals surface area contributed by atoms with Crippen LogP contribution < -0.4 is 5.32 Å². The number of nitrogens with zero attached hydrogens (tertiary/aromatic N) is 2.